The fraction of sp³-hybridized carbons (Fsp3) is 0.458. The largest absolute Gasteiger partial charge is 0.486 e. The number of carboxylic acid groups (broad SMARTS) is 1. The number of aromatic nitrogens is 2. The molecule has 2 fully saturated rings. The van der Waals surface area contributed by atoms with Gasteiger partial charge in [0.1, 0.15) is 23.1 Å². The highest BCUT2D eigenvalue weighted by atomic mass is 35.5. The molecule has 2 aliphatic rings. The molecular weight excluding hydrogens is 525 g/mol. The number of aryl methyl sites for hydroxylation is 1. The van der Waals surface area contributed by atoms with Gasteiger partial charge in [0.15, 0.2) is 5.13 Å². The molecule has 1 unspecified atom stereocenters. The summed E-state index contributed by atoms with van der Waals surface area (Å²) in [6, 6.07) is 3.08. The summed E-state index contributed by atoms with van der Waals surface area (Å²) in [6.07, 6.45) is 2.14. The molecule has 9 nitrogen and oxygen atoms in total. The molecule has 1 aliphatic carbocycles. The third-order valence-electron chi connectivity index (χ3n) is 6.67. The second kappa shape index (κ2) is 10.2. The van der Waals surface area contributed by atoms with E-state index in [1.807, 2.05) is 0 Å². The number of aromatic amines is 1. The van der Waals surface area contributed by atoms with Crippen LogP contribution in [0.5, 0.6) is 5.75 Å². The maximum absolute atomic E-state index is 12.8. The van der Waals surface area contributed by atoms with E-state index < -0.39 is 11.9 Å². The summed E-state index contributed by atoms with van der Waals surface area (Å²) in [6.45, 7) is 6.49. The number of nitrogens with zero attached hydrogens (tertiary/aromatic N) is 3. The number of carboxylic acids is 1. The predicted octanol–water partition coefficient (Wildman–Crippen LogP) is 4.59. The molecule has 1 amide bonds. The molecule has 0 bridgehead atoms. The Hall–Kier alpha value is -2.37. The number of piperazine rings is 1. The number of benzene rings is 1. The van der Waals surface area contributed by atoms with Gasteiger partial charge in [0.25, 0.3) is 5.91 Å². The summed E-state index contributed by atoms with van der Waals surface area (Å²) < 4.78 is 7.09. The summed E-state index contributed by atoms with van der Waals surface area (Å²) in [7, 11) is 2.12. The number of anilines is 1. The molecule has 5 rings (SSSR count). The summed E-state index contributed by atoms with van der Waals surface area (Å²) in [5.41, 5.74) is 1.37. The Morgan fingerprint density at radius 2 is 1.97 bits per heavy atom. The monoisotopic (exact) mass is 551 g/mol. The highest BCUT2D eigenvalue weighted by Crippen LogP contribution is 2.39. The number of fused-ring (bicyclic) bond motifs is 1. The average Bonchev–Trinajstić information content (AvgIpc) is 3.56. The maximum Gasteiger partial charge on any atom is 0.335 e. The zero-order valence-electron chi connectivity index (χ0n) is 19.9. The normalized spacial score (nSPS) is 17.9. The van der Waals surface area contributed by atoms with Crippen LogP contribution in [0.15, 0.2) is 12.1 Å². The van der Waals surface area contributed by atoms with Crippen molar-refractivity contribution in [1.82, 2.24) is 19.8 Å². The van der Waals surface area contributed by atoms with Crippen LogP contribution in [0.2, 0.25) is 10.0 Å². The Balaban J connectivity index is 1.41. The molecule has 1 saturated carbocycles. The number of carbonyl (C=O) groups excluding carboxylic acids is 1. The van der Waals surface area contributed by atoms with E-state index in [-0.39, 0.29) is 22.4 Å². The van der Waals surface area contributed by atoms with Gasteiger partial charge in [0.05, 0.1) is 20.3 Å². The van der Waals surface area contributed by atoms with E-state index in [1.165, 1.54) is 17.4 Å². The van der Waals surface area contributed by atoms with Crippen molar-refractivity contribution in [1.29, 1.82) is 0 Å². The number of ether oxygens (including phenoxy) is 1. The number of halogens is 2. The van der Waals surface area contributed by atoms with Gasteiger partial charge in [-0.25, -0.2) is 9.78 Å². The fourth-order valence-electron chi connectivity index (χ4n) is 4.35. The Morgan fingerprint density at radius 1 is 1.25 bits per heavy atom. The van der Waals surface area contributed by atoms with Gasteiger partial charge < -0.3 is 19.7 Å². The molecule has 1 atom stereocenters. The number of rotatable bonds is 8. The van der Waals surface area contributed by atoms with Crippen molar-refractivity contribution >= 4 is 61.8 Å². The minimum atomic E-state index is -1.05. The highest BCUT2D eigenvalue weighted by molar-refractivity contribution is 7.22. The molecule has 0 radical (unpaired) electrons. The van der Waals surface area contributed by atoms with Gasteiger partial charge >= 0.3 is 5.97 Å². The third kappa shape index (κ3) is 5.33. The van der Waals surface area contributed by atoms with Crippen molar-refractivity contribution in [2.75, 3.05) is 45.1 Å². The van der Waals surface area contributed by atoms with Crippen LogP contribution >= 0.6 is 34.5 Å². The fourth-order valence-corrected chi connectivity index (χ4v) is 5.69. The Morgan fingerprint density at radius 3 is 2.58 bits per heavy atom. The van der Waals surface area contributed by atoms with E-state index >= 15 is 0 Å². The maximum atomic E-state index is 12.8. The number of amides is 1. The molecule has 3 N–H and O–H groups in total. The molecule has 3 heterocycles. The quantitative estimate of drug-likeness (QED) is 0.375. The van der Waals surface area contributed by atoms with E-state index in [4.69, 9.17) is 27.9 Å². The van der Waals surface area contributed by atoms with Crippen LogP contribution in [0.4, 0.5) is 5.13 Å². The smallest absolute Gasteiger partial charge is 0.335 e. The van der Waals surface area contributed by atoms with Gasteiger partial charge in [-0.1, -0.05) is 34.5 Å². The predicted molar refractivity (Wildman–Crippen MR) is 141 cm³/mol. The molecular formula is C24H27Cl2N5O4S. The molecule has 3 aromatic rings. The summed E-state index contributed by atoms with van der Waals surface area (Å²) in [4.78, 5) is 36.8. The SMILES string of the molecule is Cc1[nH]c(C(=O)Nc2nc3c(OC(CN4CCN(C)CC4)C4CC4)cc(C(=O)O)cc3s2)c(Cl)c1Cl. The van der Waals surface area contributed by atoms with Gasteiger partial charge in [-0.3, -0.25) is 15.0 Å². The molecule has 0 spiro atoms. The van der Waals surface area contributed by atoms with Crippen molar-refractivity contribution in [3.05, 3.63) is 39.1 Å². The number of H-pyrrole nitrogens is 1. The van der Waals surface area contributed by atoms with Crippen molar-refractivity contribution < 1.29 is 19.4 Å². The van der Waals surface area contributed by atoms with Gasteiger partial charge in [0, 0.05) is 38.4 Å². The van der Waals surface area contributed by atoms with Crippen LogP contribution in [0.3, 0.4) is 0 Å². The number of aromatic carboxylic acids is 1. The molecule has 2 aromatic heterocycles. The molecule has 36 heavy (non-hydrogen) atoms. The lowest BCUT2D eigenvalue weighted by molar-refractivity contribution is 0.0693. The molecule has 1 aliphatic heterocycles. The van der Waals surface area contributed by atoms with Gasteiger partial charge in [-0.15, -0.1) is 0 Å². The number of hydrogen-bond donors (Lipinski definition) is 3. The zero-order chi connectivity index (χ0) is 25.6. The van der Waals surface area contributed by atoms with Crippen LogP contribution in [0, 0.1) is 12.8 Å². The minimum Gasteiger partial charge on any atom is -0.486 e. The lowest BCUT2D eigenvalue weighted by Crippen LogP contribution is -2.48. The van der Waals surface area contributed by atoms with Crippen LogP contribution in [0.1, 0.15) is 39.4 Å². The van der Waals surface area contributed by atoms with Crippen LogP contribution in [-0.4, -0.2) is 82.6 Å². The Labute approximate surface area is 222 Å². The Bertz CT molecular complexity index is 1310. The van der Waals surface area contributed by atoms with Crippen molar-refractivity contribution in [2.45, 2.75) is 25.9 Å². The minimum absolute atomic E-state index is 0.0526. The van der Waals surface area contributed by atoms with Crippen molar-refractivity contribution in [3.63, 3.8) is 0 Å². The lowest BCUT2D eigenvalue weighted by Gasteiger charge is -2.34. The average molecular weight is 552 g/mol. The lowest BCUT2D eigenvalue weighted by atomic mass is 10.1. The van der Waals surface area contributed by atoms with Crippen LogP contribution < -0.4 is 10.1 Å². The van der Waals surface area contributed by atoms with Gasteiger partial charge in [-0.05, 0) is 44.9 Å². The zero-order valence-corrected chi connectivity index (χ0v) is 22.3. The standard InChI is InChI=1S/C24H27Cl2N5O4S/c1-12-18(25)19(26)21(27-12)22(32)29-24-28-20-15(9-14(23(33)34)10-17(20)36-24)35-16(13-3-4-13)11-31-7-5-30(2)6-8-31/h9-10,13,16,27H,3-8,11H2,1-2H3,(H,33,34)(H,28,29,32). The van der Waals surface area contributed by atoms with E-state index in [0.29, 0.717) is 37.7 Å². The first-order chi connectivity index (χ1) is 17.2. The summed E-state index contributed by atoms with van der Waals surface area (Å²) >= 11 is 13.5. The third-order valence-corrected chi connectivity index (χ3v) is 8.53. The number of nitrogens with one attached hydrogen (secondary N) is 2. The molecule has 12 heteroatoms. The van der Waals surface area contributed by atoms with E-state index in [2.05, 4.69) is 32.1 Å². The molecule has 1 saturated heterocycles. The number of thiazole rings is 1. The van der Waals surface area contributed by atoms with Crippen molar-refractivity contribution in [3.8, 4) is 5.75 Å². The van der Waals surface area contributed by atoms with Gasteiger partial charge in [0.2, 0.25) is 0 Å². The second-order valence-corrected chi connectivity index (χ2v) is 11.2. The van der Waals surface area contributed by atoms with Crippen molar-refractivity contribution in [2.24, 2.45) is 5.92 Å². The first kappa shape index (κ1) is 25.3. The topological polar surface area (TPSA) is 111 Å². The molecule has 1 aromatic carbocycles. The Kier molecular flexibility index (Phi) is 7.15. The van der Waals surface area contributed by atoms with Gasteiger partial charge in [-0.2, -0.15) is 0 Å². The van der Waals surface area contributed by atoms with E-state index in [9.17, 15) is 14.7 Å². The van der Waals surface area contributed by atoms with Crippen LogP contribution in [-0.2, 0) is 0 Å². The molecule has 192 valence electrons. The first-order valence-electron chi connectivity index (χ1n) is 11.8. The number of carbonyl (C=O) groups is 2. The summed E-state index contributed by atoms with van der Waals surface area (Å²) in [5.74, 6) is -0.676. The number of hydrogen-bond acceptors (Lipinski definition) is 7. The number of likely N-dealkylation sites (N-methyl/N-ethyl adjacent to an activating group) is 1. The summed E-state index contributed by atoms with van der Waals surface area (Å²) in [5, 5.41) is 13.2. The van der Waals surface area contributed by atoms with E-state index in [1.54, 1.807) is 13.0 Å². The van der Waals surface area contributed by atoms with E-state index in [0.717, 1.165) is 45.6 Å². The second-order valence-electron chi connectivity index (χ2n) is 9.45. The highest BCUT2D eigenvalue weighted by Gasteiger charge is 2.35. The first-order valence-corrected chi connectivity index (χ1v) is 13.4. The van der Waals surface area contributed by atoms with Crippen LogP contribution in [0.25, 0.3) is 10.2 Å².